The number of pyridine rings is 1. The third-order valence-corrected chi connectivity index (χ3v) is 7.15. The van der Waals surface area contributed by atoms with Gasteiger partial charge in [0.2, 0.25) is 0 Å². The molecule has 5 rings (SSSR count). The summed E-state index contributed by atoms with van der Waals surface area (Å²) in [4.78, 5) is 11.4. The summed E-state index contributed by atoms with van der Waals surface area (Å²) >= 11 is 0. The van der Waals surface area contributed by atoms with Crippen LogP contribution >= 0.6 is 0 Å². The Kier molecular flexibility index (Phi) is 8.09. The zero-order chi connectivity index (χ0) is 27.4. The average molecular weight is 528 g/mol. The number of aromatic hydroxyl groups is 1. The minimum absolute atomic E-state index is 0.168. The van der Waals surface area contributed by atoms with Crippen molar-refractivity contribution >= 4 is 22.7 Å². The van der Waals surface area contributed by atoms with Gasteiger partial charge in [0.15, 0.2) is 0 Å². The van der Waals surface area contributed by atoms with Crippen molar-refractivity contribution in [3.05, 3.63) is 71.8 Å². The molecule has 0 amide bonds. The van der Waals surface area contributed by atoms with E-state index in [0.29, 0.717) is 12.4 Å². The first-order valence-corrected chi connectivity index (χ1v) is 13.5. The van der Waals surface area contributed by atoms with Crippen molar-refractivity contribution in [2.45, 2.75) is 38.6 Å². The lowest BCUT2D eigenvalue weighted by Crippen LogP contribution is -2.24. The number of amidine groups is 1. The smallest absolute Gasteiger partial charge is 0.135 e. The SMILES string of the molecule is CCc1cc(O)ccc1N=C(N)c1cnn2cc(-c3cnccc3CCCN(C)C)cc2c1N[C@H]1CCOC1. The van der Waals surface area contributed by atoms with Crippen LogP contribution in [0.3, 0.4) is 0 Å². The molecule has 204 valence electrons. The van der Waals surface area contributed by atoms with Crippen LogP contribution in [0.2, 0.25) is 0 Å². The fraction of sp³-hybridized carbons (Fsp3) is 0.367. The van der Waals surface area contributed by atoms with Gasteiger partial charge >= 0.3 is 0 Å². The van der Waals surface area contributed by atoms with E-state index in [-0.39, 0.29) is 11.8 Å². The Bertz CT molecular complexity index is 1470. The fourth-order valence-electron chi connectivity index (χ4n) is 5.04. The third-order valence-electron chi connectivity index (χ3n) is 7.15. The Morgan fingerprint density at radius 3 is 2.87 bits per heavy atom. The van der Waals surface area contributed by atoms with Crippen LogP contribution in [0.15, 0.2) is 60.1 Å². The van der Waals surface area contributed by atoms with Crippen LogP contribution < -0.4 is 11.1 Å². The maximum atomic E-state index is 9.91. The van der Waals surface area contributed by atoms with Crippen molar-refractivity contribution in [2.75, 3.05) is 39.2 Å². The van der Waals surface area contributed by atoms with E-state index < -0.39 is 0 Å². The van der Waals surface area contributed by atoms with Crippen LogP contribution in [0.5, 0.6) is 5.75 Å². The molecule has 1 fully saturated rings. The van der Waals surface area contributed by atoms with Gasteiger partial charge < -0.3 is 25.8 Å². The number of aryl methyl sites for hydroxylation is 2. The zero-order valence-corrected chi connectivity index (χ0v) is 22.9. The van der Waals surface area contributed by atoms with Crippen LogP contribution in [-0.4, -0.2) is 70.3 Å². The van der Waals surface area contributed by atoms with Crippen molar-refractivity contribution in [2.24, 2.45) is 10.7 Å². The molecule has 1 aromatic carbocycles. The van der Waals surface area contributed by atoms with Gasteiger partial charge in [-0.3, -0.25) is 4.98 Å². The van der Waals surface area contributed by atoms with E-state index in [9.17, 15) is 5.11 Å². The van der Waals surface area contributed by atoms with E-state index in [2.05, 4.69) is 41.4 Å². The fourth-order valence-corrected chi connectivity index (χ4v) is 5.04. The van der Waals surface area contributed by atoms with Crippen molar-refractivity contribution in [3.63, 3.8) is 0 Å². The Morgan fingerprint density at radius 1 is 1.23 bits per heavy atom. The predicted octanol–water partition coefficient (Wildman–Crippen LogP) is 4.40. The summed E-state index contributed by atoms with van der Waals surface area (Å²) in [6, 6.07) is 9.57. The lowest BCUT2D eigenvalue weighted by molar-refractivity contribution is 0.195. The second kappa shape index (κ2) is 11.8. The van der Waals surface area contributed by atoms with E-state index >= 15 is 0 Å². The van der Waals surface area contributed by atoms with E-state index in [0.717, 1.165) is 78.0 Å². The topological polar surface area (TPSA) is 113 Å². The number of aliphatic imine (C=N–C) groups is 1. The first kappa shape index (κ1) is 26.6. The van der Waals surface area contributed by atoms with Gasteiger partial charge in [0, 0.05) is 36.3 Å². The summed E-state index contributed by atoms with van der Waals surface area (Å²) in [6.45, 7) is 4.42. The quantitative estimate of drug-likeness (QED) is 0.207. The summed E-state index contributed by atoms with van der Waals surface area (Å²) in [5.74, 6) is 0.577. The number of anilines is 1. The predicted molar refractivity (Wildman–Crippen MR) is 156 cm³/mol. The average Bonchev–Trinajstić information content (AvgIpc) is 3.60. The highest BCUT2D eigenvalue weighted by atomic mass is 16.5. The molecule has 0 unspecified atom stereocenters. The van der Waals surface area contributed by atoms with E-state index in [1.54, 1.807) is 24.4 Å². The van der Waals surface area contributed by atoms with E-state index in [1.165, 1.54) is 5.56 Å². The van der Waals surface area contributed by atoms with Crippen LogP contribution in [0.4, 0.5) is 11.4 Å². The van der Waals surface area contributed by atoms with Crippen LogP contribution in [0.1, 0.15) is 36.5 Å². The molecular formula is C30H37N7O2. The molecule has 4 N–H and O–H groups in total. The van der Waals surface area contributed by atoms with Gasteiger partial charge in [-0.05, 0) is 87.8 Å². The second-order valence-corrected chi connectivity index (χ2v) is 10.3. The van der Waals surface area contributed by atoms with Crippen LogP contribution in [-0.2, 0) is 17.6 Å². The minimum atomic E-state index is 0.168. The van der Waals surface area contributed by atoms with Gasteiger partial charge in [0.25, 0.3) is 0 Å². The summed E-state index contributed by atoms with van der Waals surface area (Å²) in [7, 11) is 4.20. The molecule has 3 aromatic heterocycles. The van der Waals surface area contributed by atoms with E-state index in [1.807, 2.05) is 30.0 Å². The number of fused-ring (bicyclic) bond motifs is 1. The lowest BCUT2D eigenvalue weighted by Gasteiger charge is -2.17. The van der Waals surface area contributed by atoms with Gasteiger partial charge in [0.05, 0.1) is 41.3 Å². The number of benzene rings is 1. The van der Waals surface area contributed by atoms with E-state index in [4.69, 9.17) is 20.6 Å². The highest BCUT2D eigenvalue weighted by molar-refractivity contribution is 6.06. The van der Waals surface area contributed by atoms with Gasteiger partial charge in [0.1, 0.15) is 11.6 Å². The number of rotatable bonds is 10. The Morgan fingerprint density at radius 2 is 2.10 bits per heavy atom. The van der Waals surface area contributed by atoms with Gasteiger partial charge in [-0.2, -0.15) is 5.10 Å². The van der Waals surface area contributed by atoms with Crippen molar-refractivity contribution < 1.29 is 9.84 Å². The molecule has 0 radical (unpaired) electrons. The van der Waals surface area contributed by atoms with Gasteiger partial charge in [-0.25, -0.2) is 9.51 Å². The number of hydrogen-bond donors (Lipinski definition) is 3. The normalized spacial score (nSPS) is 15.9. The summed E-state index contributed by atoms with van der Waals surface area (Å²) < 4.78 is 7.53. The molecule has 0 spiro atoms. The first-order chi connectivity index (χ1) is 18.9. The number of nitrogens with one attached hydrogen (secondary N) is 1. The molecule has 0 saturated carbocycles. The Balaban J connectivity index is 1.57. The molecule has 1 saturated heterocycles. The minimum Gasteiger partial charge on any atom is -0.508 e. The number of aromatic nitrogens is 3. The number of phenols is 1. The molecule has 0 bridgehead atoms. The van der Waals surface area contributed by atoms with Crippen LogP contribution in [0, 0.1) is 0 Å². The molecule has 1 aliphatic rings. The number of nitrogens with zero attached hydrogens (tertiary/aromatic N) is 5. The Hall–Kier alpha value is -3.95. The molecule has 1 aliphatic heterocycles. The number of ether oxygens (including phenoxy) is 1. The third kappa shape index (κ3) is 6.05. The maximum absolute atomic E-state index is 9.91. The molecule has 39 heavy (non-hydrogen) atoms. The first-order valence-electron chi connectivity index (χ1n) is 13.5. The zero-order valence-electron chi connectivity index (χ0n) is 22.9. The second-order valence-electron chi connectivity index (χ2n) is 10.3. The lowest BCUT2D eigenvalue weighted by atomic mass is 10.0. The number of phenolic OH excluding ortho intramolecular Hbond substituents is 1. The molecule has 4 aromatic rings. The van der Waals surface area contributed by atoms with Crippen LogP contribution in [0.25, 0.3) is 16.6 Å². The van der Waals surface area contributed by atoms with Crippen molar-refractivity contribution in [1.29, 1.82) is 0 Å². The molecule has 1 atom stereocenters. The number of hydrogen-bond acceptors (Lipinski definition) is 7. The van der Waals surface area contributed by atoms with Crippen molar-refractivity contribution in [3.8, 4) is 16.9 Å². The van der Waals surface area contributed by atoms with Gasteiger partial charge in [-0.15, -0.1) is 0 Å². The monoisotopic (exact) mass is 527 g/mol. The largest absolute Gasteiger partial charge is 0.508 e. The standard InChI is InChI=1S/C30H37N7O2/c1-4-20-14-24(38)7-8-27(20)35-30(31)26-17-33-37-18-22(15-28(37)29(26)34-23-10-13-39-19-23)25-16-32-11-9-21(25)6-5-12-36(2)3/h7-9,11,14-18,23,34,38H,4-6,10,12-13,19H2,1-3H3,(H2,31,35)/t23-/m0/s1. The molecule has 9 nitrogen and oxygen atoms in total. The molecule has 9 heteroatoms. The molecule has 4 heterocycles. The Labute approximate surface area is 229 Å². The summed E-state index contributed by atoms with van der Waals surface area (Å²) in [5, 5.41) is 18.3. The summed E-state index contributed by atoms with van der Waals surface area (Å²) in [6.07, 6.45) is 11.3. The number of nitrogens with two attached hydrogens (primary N) is 1. The van der Waals surface area contributed by atoms with Gasteiger partial charge in [-0.1, -0.05) is 6.92 Å². The summed E-state index contributed by atoms with van der Waals surface area (Å²) in [5.41, 5.74) is 14.2. The highest BCUT2D eigenvalue weighted by Gasteiger charge is 2.21. The highest BCUT2D eigenvalue weighted by Crippen LogP contribution is 2.32. The molecular weight excluding hydrogens is 490 g/mol. The maximum Gasteiger partial charge on any atom is 0.135 e. The van der Waals surface area contributed by atoms with Crippen molar-refractivity contribution in [1.82, 2.24) is 19.5 Å². The molecule has 0 aliphatic carbocycles.